The maximum absolute atomic E-state index is 11.3. The van der Waals surface area contributed by atoms with Gasteiger partial charge in [0.2, 0.25) is 6.79 Å². The number of aliphatic hydroxyl groups excluding tert-OH is 1. The number of ether oxygens (including phenoxy) is 3. The Hall–Kier alpha value is -2.08. The number of Topliss-reactive ketones (excluding diaryl/α,β-unsaturated/α-hetero) is 1. The van der Waals surface area contributed by atoms with E-state index in [1.807, 2.05) is 18.2 Å². The highest BCUT2D eigenvalue weighted by atomic mass is 16.7. The maximum Gasteiger partial charge on any atom is 0.306 e. The van der Waals surface area contributed by atoms with Gasteiger partial charge in [0, 0.05) is 12.8 Å². The van der Waals surface area contributed by atoms with Crippen LogP contribution < -0.4 is 9.47 Å². The van der Waals surface area contributed by atoms with Crippen LogP contribution >= 0.6 is 0 Å². The Kier molecular flexibility index (Phi) is 4.95. The molecule has 0 saturated heterocycles. The van der Waals surface area contributed by atoms with Gasteiger partial charge >= 0.3 is 5.97 Å². The topological polar surface area (TPSA) is 82.1 Å². The van der Waals surface area contributed by atoms with Crippen LogP contribution in [0.3, 0.4) is 0 Å². The highest BCUT2D eigenvalue weighted by Gasteiger charge is 2.13. The summed E-state index contributed by atoms with van der Waals surface area (Å²) in [7, 11) is 0. The van der Waals surface area contributed by atoms with Gasteiger partial charge in [0.1, 0.15) is 6.61 Å². The van der Waals surface area contributed by atoms with Gasteiger partial charge in [-0.25, -0.2) is 0 Å². The number of aliphatic hydroxyl groups is 1. The van der Waals surface area contributed by atoms with E-state index in [0.29, 0.717) is 17.9 Å². The monoisotopic (exact) mass is 280 g/mol. The Balaban J connectivity index is 1.70. The summed E-state index contributed by atoms with van der Waals surface area (Å²) < 4.78 is 15.5. The molecule has 1 N–H and O–H groups in total. The van der Waals surface area contributed by atoms with Gasteiger partial charge in [-0.2, -0.15) is 0 Å². The average Bonchev–Trinajstić information content (AvgIpc) is 2.92. The van der Waals surface area contributed by atoms with Crippen LogP contribution in [0.25, 0.3) is 0 Å². The molecule has 0 aliphatic carbocycles. The van der Waals surface area contributed by atoms with Gasteiger partial charge in [-0.3, -0.25) is 9.59 Å². The molecule has 0 atom stereocenters. The van der Waals surface area contributed by atoms with Crippen LogP contribution in [0.4, 0.5) is 0 Å². The number of carbonyl (C=O) groups is 2. The number of esters is 1. The summed E-state index contributed by atoms with van der Waals surface area (Å²) in [6.45, 7) is -0.0665. The molecule has 6 nitrogen and oxygen atoms in total. The molecule has 0 amide bonds. The summed E-state index contributed by atoms with van der Waals surface area (Å²) in [5.74, 6) is 0.612. The summed E-state index contributed by atoms with van der Waals surface area (Å²) in [5, 5.41) is 8.53. The second-order valence-corrected chi connectivity index (χ2v) is 4.35. The predicted octanol–water partition coefficient (Wildman–Crippen LogP) is 0.843. The second-order valence-electron chi connectivity index (χ2n) is 4.35. The zero-order valence-electron chi connectivity index (χ0n) is 11.0. The van der Waals surface area contributed by atoms with Crippen LogP contribution in [0.5, 0.6) is 11.5 Å². The third-order valence-electron chi connectivity index (χ3n) is 2.88. The average molecular weight is 280 g/mol. The summed E-state index contributed by atoms with van der Waals surface area (Å²) in [4.78, 5) is 22.2. The summed E-state index contributed by atoms with van der Waals surface area (Å²) in [6.07, 6.45) is 0.580. The Morgan fingerprint density at radius 2 is 2.00 bits per heavy atom. The lowest BCUT2D eigenvalue weighted by Crippen LogP contribution is -2.11. The molecule has 1 aliphatic rings. The zero-order valence-corrected chi connectivity index (χ0v) is 11.0. The van der Waals surface area contributed by atoms with E-state index in [-0.39, 0.29) is 32.0 Å². The van der Waals surface area contributed by atoms with E-state index >= 15 is 0 Å². The van der Waals surface area contributed by atoms with Crippen molar-refractivity contribution < 1.29 is 28.9 Å². The van der Waals surface area contributed by atoms with Crippen molar-refractivity contribution in [2.24, 2.45) is 0 Å². The number of carbonyl (C=O) groups excluding carboxylic acids is 2. The van der Waals surface area contributed by atoms with Crippen molar-refractivity contribution in [1.29, 1.82) is 0 Å². The van der Waals surface area contributed by atoms with Crippen LogP contribution in [0.15, 0.2) is 18.2 Å². The van der Waals surface area contributed by atoms with Gasteiger partial charge in [-0.1, -0.05) is 6.07 Å². The van der Waals surface area contributed by atoms with E-state index in [1.54, 1.807) is 0 Å². The molecular formula is C14H16O6. The normalized spacial score (nSPS) is 12.2. The quantitative estimate of drug-likeness (QED) is 0.745. The largest absolute Gasteiger partial charge is 0.465 e. The Labute approximate surface area is 116 Å². The van der Waals surface area contributed by atoms with Crippen LogP contribution in [0.1, 0.15) is 18.4 Å². The first kappa shape index (κ1) is 14.3. The standard InChI is InChI=1S/C14H16O6/c15-8-11(16)2-4-14(17)18-6-5-10-1-3-12-13(7-10)20-9-19-12/h1,3,7,15H,2,4-6,8-9H2. The molecule has 0 aromatic heterocycles. The van der Waals surface area contributed by atoms with E-state index in [4.69, 9.17) is 19.3 Å². The summed E-state index contributed by atoms with van der Waals surface area (Å²) >= 11 is 0. The first-order chi connectivity index (χ1) is 9.69. The Morgan fingerprint density at radius 3 is 2.80 bits per heavy atom. The van der Waals surface area contributed by atoms with Crippen molar-refractivity contribution in [2.45, 2.75) is 19.3 Å². The van der Waals surface area contributed by atoms with Gasteiger partial charge < -0.3 is 19.3 Å². The highest BCUT2D eigenvalue weighted by Crippen LogP contribution is 2.32. The van der Waals surface area contributed by atoms with E-state index in [9.17, 15) is 9.59 Å². The fourth-order valence-corrected chi connectivity index (χ4v) is 1.77. The molecule has 1 aliphatic heterocycles. The van der Waals surface area contributed by atoms with Crippen molar-refractivity contribution in [3.05, 3.63) is 23.8 Å². The smallest absolute Gasteiger partial charge is 0.306 e. The lowest BCUT2D eigenvalue weighted by molar-refractivity contribution is -0.144. The van der Waals surface area contributed by atoms with E-state index in [0.717, 1.165) is 5.56 Å². The molecule has 1 aromatic rings. The molecule has 1 heterocycles. The van der Waals surface area contributed by atoms with E-state index in [2.05, 4.69) is 0 Å². The molecule has 0 fully saturated rings. The molecule has 0 unspecified atom stereocenters. The third-order valence-corrected chi connectivity index (χ3v) is 2.88. The van der Waals surface area contributed by atoms with Crippen molar-refractivity contribution in [3.8, 4) is 11.5 Å². The molecule has 0 radical (unpaired) electrons. The lowest BCUT2D eigenvalue weighted by atomic mass is 10.1. The van der Waals surface area contributed by atoms with E-state index in [1.165, 1.54) is 0 Å². The molecule has 2 rings (SSSR count). The minimum absolute atomic E-state index is 0.000528. The van der Waals surface area contributed by atoms with Crippen LogP contribution in [-0.2, 0) is 20.7 Å². The Morgan fingerprint density at radius 1 is 1.20 bits per heavy atom. The summed E-state index contributed by atoms with van der Waals surface area (Å²) in [5.41, 5.74) is 0.980. The van der Waals surface area contributed by atoms with Crippen LogP contribution in [0.2, 0.25) is 0 Å². The maximum atomic E-state index is 11.3. The predicted molar refractivity (Wildman–Crippen MR) is 68.6 cm³/mol. The highest BCUT2D eigenvalue weighted by molar-refractivity contribution is 5.83. The van der Waals surface area contributed by atoms with E-state index < -0.39 is 12.6 Å². The van der Waals surface area contributed by atoms with Gasteiger partial charge in [0.15, 0.2) is 17.3 Å². The van der Waals surface area contributed by atoms with Crippen molar-refractivity contribution in [3.63, 3.8) is 0 Å². The fraction of sp³-hybridized carbons (Fsp3) is 0.429. The molecular weight excluding hydrogens is 264 g/mol. The first-order valence-corrected chi connectivity index (χ1v) is 6.36. The van der Waals surface area contributed by atoms with Crippen molar-refractivity contribution in [2.75, 3.05) is 20.0 Å². The molecule has 0 spiro atoms. The van der Waals surface area contributed by atoms with Crippen molar-refractivity contribution in [1.82, 2.24) is 0 Å². The molecule has 6 heteroatoms. The van der Waals surface area contributed by atoms with Crippen LogP contribution in [-0.4, -0.2) is 36.9 Å². The molecule has 0 bridgehead atoms. The first-order valence-electron chi connectivity index (χ1n) is 6.36. The van der Waals surface area contributed by atoms with Gasteiger partial charge in [0.05, 0.1) is 13.0 Å². The fourth-order valence-electron chi connectivity index (χ4n) is 1.77. The Bertz CT molecular complexity index is 496. The number of rotatable bonds is 7. The molecule has 0 saturated carbocycles. The number of hydrogen-bond donors (Lipinski definition) is 1. The van der Waals surface area contributed by atoms with Gasteiger partial charge in [-0.15, -0.1) is 0 Å². The van der Waals surface area contributed by atoms with Crippen molar-refractivity contribution >= 4 is 11.8 Å². The number of hydrogen-bond acceptors (Lipinski definition) is 6. The summed E-state index contributed by atoms with van der Waals surface area (Å²) in [6, 6.07) is 5.56. The third kappa shape index (κ3) is 3.96. The van der Waals surface area contributed by atoms with Gasteiger partial charge in [-0.05, 0) is 17.7 Å². The molecule has 1 aromatic carbocycles. The minimum Gasteiger partial charge on any atom is -0.465 e. The molecule has 20 heavy (non-hydrogen) atoms. The SMILES string of the molecule is O=C(CO)CCC(=O)OCCc1ccc2c(c1)OCO2. The lowest BCUT2D eigenvalue weighted by Gasteiger charge is -2.05. The van der Waals surface area contributed by atoms with Crippen LogP contribution in [0, 0.1) is 0 Å². The minimum atomic E-state index is -0.537. The number of fused-ring (bicyclic) bond motifs is 1. The number of ketones is 1. The second kappa shape index (κ2) is 6.91. The molecule has 108 valence electrons. The van der Waals surface area contributed by atoms with Gasteiger partial charge in [0.25, 0.3) is 0 Å². The number of benzene rings is 1. The zero-order chi connectivity index (χ0) is 14.4.